The Hall–Kier alpha value is -3.03. The maximum absolute atomic E-state index is 13.6. The molecule has 2 aromatic rings. The third-order valence-electron chi connectivity index (χ3n) is 5.43. The monoisotopic (exact) mass is 407 g/mol. The van der Waals surface area contributed by atoms with Gasteiger partial charge < -0.3 is 14.8 Å². The summed E-state index contributed by atoms with van der Waals surface area (Å²) >= 11 is 0. The number of benzene rings is 2. The average molecular weight is 407 g/mol. The molecule has 0 aliphatic carbocycles. The van der Waals surface area contributed by atoms with Crippen molar-refractivity contribution in [2.24, 2.45) is 5.41 Å². The van der Waals surface area contributed by atoms with Gasteiger partial charge in [0.15, 0.2) is 5.41 Å². The molecule has 3 rings (SSSR count). The average Bonchev–Trinajstić information content (AvgIpc) is 2.81. The molecule has 5 nitrogen and oxygen atoms in total. The van der Waals surface area contributed by atoms with Gasteiger partial charge >= 0.3 is 12.1 Å². The molecule has 1 N–H and O–H groups in total. The standard InChI is InChI=1S/C21H20F3NO4/c1-20(19(27)29-3)16(12-7-9-13(28-2)10-8-12)11-14-15(21(22,23)24)5-4-6-17(14)25-18(20)26/h4-10,16H,11H2,1-3H3,(H,25,26). The van der Waals surface area contributed by atoms with Gasteiger partial charge in [0.1, 0.15) is 5.75 Å². The molecule has 2 atom stereocenters. The van der Waals surface area contributed by atoms with Gasteiger partial charge in [0.05, 0.1) is 19.8 Å². The highest BCUT2D eigenvalue weighted by Gasteiger charge is 2.52. The second-order valence-electron chi connectivity index (χ2n) is 7.01. The molecule has 2 aromatic carbocycles. The van der Waals surface area contributed by atoms with Gasteiger partial charge in [0.2, 0.25) is 5.91 Å². The number of carbonyl (C=O) groups excluding carboxylic acids is 2. The first-order chi connectivity index (χ1) is 13.6. The van der Waals surface area contributed by atoms with Gasteiger partial charge in [-0.25, -0.2) is 0 Å². The number of ether oxygens (including phenoxy) is 2. The van der Waals surface area contributed by atoms with Crippen LogP contribution in [-0.4, -0.2) is 26.1 Å². The highest BCUT2D eigenvalue weighted by molar-refractivity contribution is 6.10. The number of fused-ring (bicyclic) bond motifs is 1. The van der Waals surface area contributed by atoms with Gasteiger partial charge in [-0.2, -0.15) is 13.2 Å². The molecule has 0 fully saturated rings. The predicted molar refractivity (Wildman–Crippen MR) is 99.6 cm³/mol. The van der Waals surface area contributed by atoms with Gasteiger partial charge in [-0.15, -0.1) is 0 Å². The molecule has 1 amide bonds. The van der Waals surface area contributed by atoms with Crippen molar-refractivity contribution < 1.29 is 32.2 Å². The first-order valence-electron chi connectivity index (χ1n) is 8.85. The van der Waals surface area contributed by atoms with Crippen LogP contribution in [0.25, 0.3) is 0 Å². The Morgan fingerprint density at radius 2 is 1.79 bits per heavy atom. The normalized spacial score (nSPS) is 21.6. The van der Waals surface area contributed by atoms with E-state index in [9.17, 15) is 22.8 Å². The number of alkyl halides is 3. The summed E-state index contributed by atoms with van der Waals surface area (Å²) in [6.45, 7) is 1.39. The zero-order chi connectivity index (χ0) is 21.4. The van der Waals surface area contributed by atoms with Crippen LogP contribution in [0, 0.1) is 5.41 Å². The molecule has 8 heteroatoms. The maximum atomic E-state index is 13.6. The summed E-state index contributed by atoms with van der Waals surface area (Å²) in [5, 5.41) is 2.50. The minimum atomic E-state index is -4.60. The van der Waals surface area contributed by atoms with Crippen LogP contribution in [0.1, 0.15) is 29.5 Å². The number of esters is 1. The van der Waals surface area contributed by atoms with E-state index in [-0.39, 0.29) is 17.7 Å². The van der Waals surface area contributed by atoms with E-state index in [1.54, 1.807) is 24.3 Å². The molecule has 2 unspecified atom stereocenters. The van der Waals surface area contributed by atoms with Gasteiger partial charge in [0.25, 0.3) is 0 Å². The summed E-state index contributed by atoms with van der Waals surface area (Å²) in [5.74, 6) is -1.88. The van der Waals surface area contributed by atoms with E-state index in [0.29, 0.717) is 11.3 Å². The fourth-order valence-electron chi connectivity index (χ4n) is 3.74. The van der Waals surface area contributed by atoms with Crippen molar-refractivity contribution in [2.75, 3.05) is 19.5 Å². The van der Waals surface area contributed by atoms with E-state index >= 15 is 0 Å². The quantitative estimate of drug-likeness (QED) is 0.613. The number of methoxy groups -OCH3 is 2. The molecule has 29 heavy (non-hydrogen) atoms. The van der Waals surface area contributed by atoms with E-state index in [2.05, 4.69) is 5.32 Å². The molecule has 0 spiro atoms. The van der Waals surface area contributed by atoms with Crippen LogP contribution in [-0.2, 0) is 26.9 Å². The fourth-order valence-corrected chi connectivity index (χ4v) is 3.74. The van der Waals surface area contributed by atoms with Crippen LogP contribution in [0.3, 0.4) is 0 Å². The van der Waals surface area contributed by atoms with Crippen molar-refractivity contribution in [3.8, 4) is 5.75 Å². The summed E-state index contributed by atoms with van der Waals surface area (Å²) < 4.78 is 50.9. The highest BCUT2D eigenvalue weighted by atomic mass is 19.4. The smallest absolute Gasteiger partial charge is 0.416 e. The van der Waals surface area contributed by atoms with E-state index in [1.165, 1.54) is 26.2 Å². The first-order valence-corrected chi connectivity index (χ1v) is 8.85. The minimum Gasteiger partial charge on any atom is -0.497 e. The van der Waals surface area contributed by atoms with E-state index in [0.717, 1.165) is 13.2 Å². The Balaban J connectivity index is 2.23. The lowest BCUT2D eigenvalue weighted by Gasteiger charge is -2.32. The lowest BCUT2D eigenvalue weighted by Crippen LogP contribution is -2.45. The van der Waals surface area contributed by atoms with Crippen LogP contribution >= 0.6 is 0 Å². The third-order valence-corrected chi connectivity index (χ3v) is 5.43. The number of hydrogen-bond donors (Lipinski definition) is 1. The lowest BCUT2D eigenvalue weighted by atomic mass is 9.70. The minimum absolute atomic E-state index is 0.0379. The van der Waals surface area contributed by atoms with E-state index in [1.807, 2.05) is 0 Å². The Morgan fingerprint density at radius 3 is 2.34 bits per heavy atom. The summed E-state index contributed by atoms with van der Waals surface area (Å²) in [6, 6.07) is 10.1. The second-order valence-corrected chi connectivity index (χ2v) is 7.01. The van der Waals surface area contributed by atoms with Crippen LogP contribution < -0.4 is 10.1 Å². The molecule has 1 aliphatic heterocycles. The van der Waals surface area contributed by atoms with Crippen molar-refractivity contribution in [3.05, 3.63) is 59.2 Å². The molecule has 0 bridgehead atoms. The summed E-state index contributed by atoms with van der Waals surface area (Å²) in [6.07, 6.45) is -4.78. The molecule has 1 aliphatic rings. The lowest BCUT2D eigenvalue weighted by molar-refractivity contribution is -0.157. The van der Waals surface area contributed by atoms with Crippen molar-refractivity contribution >= 4 is 17.6 Å². The number of hydrogen-bond acceptors (Lipinski definition) is 4. The fraction of sp³-hybridized carbons (Fsp3) is 0.333. The van der Waals surface area contributed by atoms with Crippen LogP contribution in [0.15, 0.2) is 42.5 Å². The number of anilines is 1. The predicted octanol–water partition coefficient (Wildman–Crippen LogP) is 4.17. The maximum Gasteiger partial charge on any atom is 0.416 e. The summed E-state index contributed by atoms with van der Waals surface area (Å²) in [7, 11) is 2.63. The van der Waals surface area contributed by atoms with E-state index in [4.69, 9.17) is 9.47 Å². The Labute approximate surface area is 165 Å². The zero-order valence-corrected chi connectivity index (χ0v) is 16.1. The van der Waals surface area contributed by atoms with Crippen LogP contribution in [0.2, 0.25) is 0 Å². The van der Waals surface area contributed by atoms with Crippen molar-refractivity contribution in [1.29, 1.82) is 0 Å². The van der Waals surface area contributed by atoms with Crippen LogP contribution in [0.5, 0.6) is 5.75 Å². The van der Waals surface area contributed by atoms with Gasteiger partial charge in [-0.3, -0.25) is 9.59 Å². The highest BCUT2D eigenvalue weighted by Crippen LogP contribution is 2.47. The summed E-state index contributed by atoms with van der Waals surface area (Å²) in [4.78, 5) is 25.7. The van der Waals surface area contributed by atoms with Gasteiger partial charge in [-0.1, -0.05) is 18.2 Å². The molecule has 1 heterocycles. The van der Waals surface area contributed by atoms with Crippen molar-refractivity contribution in [2.45, 2.75) is 25.4 Å². The van der Waals surface area contributed by atoms with Crippen molar-refractivity contribution in [1.82, 2.24) is 0 Å². The van der Waals surface area contributed by atoms with Crippen LogP contribution in [0.4, 0.5) is 18.9 Å². The Morgan fingerprint density at radius 1 is 1.14 bits per heavy atom. The molecule has 0 saturated heterocycles. The summed E-state index contributed by atoms with van der Waals surface area (Å²) in [5.41, 5.74) is -2.08. The number of carbonyl (C=O) groups is 2. The molecule has 0 saturated carbocycles. The number of nitrogens with one attached hydrogen (secondary N) is 1. The topological polar surface area (TPSA) is 64.6 Å². The SMILES string of the molecule is COC(=O)C1(C)C(=O)Nc2cccc(C(F)(F)F)c2CC1c1ccc(OC)cc1. The molecule has 0 aromatic heterocycles. The first kappa shape index (κ1) is 20.7. The second kappa shape index (κ2) is 7.42. The van der Waals surface area contributed by atoms with Gasteiger partial charge in [-0.05, 0) is 48.7 Å². The molecule has 154 valence electrons. The zero-order valence-electron chi connectivity index (χ0n) is 16.1. The molecular weight excluding hydrogens is 387 g/mol. The van der Waals surface area contributed by atoms with Crippen molar-refractivity contribution in [3.63, 3.8) is 0 Å². The Kier molecular flexibility index (Phi) is 5.30. The van der Waals surface area contributed by atoms with E-state index < -0.39 is 34.9 Å². The third kappa shape index (κ3) is 3.54. The Bertz CT molecular complexity index is 940. The van der Waals surface area contributed by atoms with Gasteiger partial charge in [0, 0.05) is 11.6 Å². The molecule has 0 radical (unpaired) electrons. The largest absolute Gasteiger partial charge is 0.497 e. The number of rotatable bonds is 3. The number of amides is 1. The number of halogens is 3. The molecular formula is C21H20F3NO4.